The second kappa shape index (κ2) is 8.29. The summed E-state index contributed by atoms with van der Waals surface area (Å²) in [6, 6.07) is 12.4. The van der Waals surface area contributed by atoms with Gasteiger partial charge in [0.15, 0.2) is 5.11 Å². The summed E-state index contributed by atoms with van der Waals surface area (Å²) in [4.78, 5) is 8.05. The Labute approximate surface area is 136 Å². The molecule has 1 aromatic heterocycles. The normalized spacial score (nSPS) is 11.5. The van der Waals surface area contributed by atoms with Crippen molar-refractivity contribution in [3.63, 3.8) is 0 Å². The molecule has 0 bridgehead atoms. The van der Waals surface area contributed by atoms with Gasteiger partial charge in [-0.15, -0.1) is 0 Å². The highest BCUT2D eigenvalue weighted by Gasteiger charge is 2.06. The number of thiocarbonyl (C=S) groups is 1. The van der Waals surface area contributed by atoms with Gasteiger partial charge in [0.1, 0.15) is 12.1 Å². The monoisotopic (exact) mass is 316 g/mol. The lowest BCUT2D eigenvalue weighted by Crippen LogP contribution is -2.36. The first kappa shape index (κ1) is 16.2. The van der Waals surface area contributed by atoms with E-state index in [9.17, 15) is 0 Å². The van der Waals surface area contributed by atoms with Crippen LogP contribution in [-0.2, 0) is 6.42 Å². The highest BCUT2D eigenvalue weighted by atomic mass is 32.1. The summed E-state index contributed by atoms with van der Waals surface area (Å²) < 4.78 is 5.05. The SMILES string of the molecule is COc1cc(NC(=S)NC(C)CCc2ccccc2)ncn1. The molecule has 2 N–H and O–H groups in total. The van der Waals surface area contributed by atoms with Gasteiger partial charge in [0, 0.05) is 12.1 Å². The van der Waals surface area contributed by atoms with Gasteiger partial charge < -0.3 is 15.4 Å². The lowest BCUT2D eigenvalue weighted by molar-refractivity contribution is 0.397. The summed E-state index contributed by atoms with van der Waals surface area (Å²) in [5.41, 5.74) is 1.33. The molecule has 0 aliphatic heterocycles. The van der Waals surface area contributed by atoms with Crippen molar-refractivity contribution in [1.82, 2.24) is 15.3 Å². The molecule has 0 saturated carbocycles. The van der Waals surface area contributed by atoms with Crippen LogP contribution in [0, 0.1) is 0 Å². The summed E-state index contributed by atoms with van der Waals surface area (Å²) in [5, 5.41) is 6.83. The van der Waals surface area contributed by atoms with Gasteiger partial charge in [-0.05, 0) is 37.5 Å². The fourth-order valence-corrected chi connectivity index (χ4v) is 2.30. The van der Waals surface area contributed by atoms with Crippen LogP contribution in [0.25, 0.3) is 0 Å². The number of nitrogens with one attached hydrogen (secondary N) is 2. The lowest BCUT2D eigenvalue weighted by Gasteiger charge is -2.16. The predicted octanol–water partition coefficient (Wildman–Crippen LogP) is 2.79. The van der Waals surface area contributed by atoms with Crippen molar-refractivity contribution in [2.45, 2.75) is 25.8 Å². The number of aryl methyl sites for hydroxylation is 1. The van der Waals surface area contributed by atoms with E-state index >= 15 is 0 Å². The molecular weight excluding hydrogens is 296 g/mol. The molecule has 22 heavy (non-hydrogen) atoms. The van der Waals surface area contributed by atoms with E-state index in [2.05, 4.69) is 51.8 Å². The van der Waals surface area contributed by atoms with E-state index in [0.717, 1.165) is 12.8 Å². The molecule has 2 aromatic rings. The van der Waals surface area contributed by atoms with Crippen LogP contribution < -0.4 is 15.4 Å². The second-order valence-electron chi connectivity index (χ2n) is 4.97. The number of aromatic nitrogens is 2. The van der Waals surface area contributed by atoms with E-state index in [0.29, 0.717) is 16.8 Å². The zero-order valence-electron chi connectivity index (χ0n) is 12.7. The maximum absolute atomic E-state index is 5.30. The van der Waals surface area contributed by atoms with Gasteiger partial charge in [0.2, 0.25) is 5.88 Å². The Balaban J connectivity index is 1.78. The number of benzene rings is 1. The van der Waals surface area contributed by atoms with Crippen molar-refractivity contribution in [2.24, 2.45) is 0 Å². The molecule has 116 valence electrons. The van der Waals surface area contributed by atoms with Gasteiger partial charge in [-0.1, -0.05) is 30.3 Å². The van der Waals surface area contributed by atoms with E-state index in [1.165, 1.54) is 11.9 Å². The number of hydrogen-bond acceptors (Lipinski definition) is 4. The third-order valence-electron chi connectivity index (χ3n) is 3.18. The van der Waals surface area contributed by atoms with Crippen molar-refractivity contribution in [1.29, 1.82) is 0 Å². The first-order chi connectivity index (χ1) is 10.7. The molecule has 1 atom stereocenters. The molecule has 1 unspecified atom stereocenters. The molecule has 1 aromatic carbocycles. The molecule has 0 spiro atoms. The molecule has 0 radical (unpaired) electrons. The molecule has 0 fully saturated rings. The Hall–Kier alpha value is -2.21. The molecule has 2 rings (SSSR count). The number of nitrogens with zero attached hydrogens (tertiary/aromatic N) is 2. The molecule has 5 nitrogen and oxygen atoms in total. The van der Waals surface area contributed by atoms with Crippen LogP contribution in [0.15, 0.2) is 42.7 Å². The highest BCUT2D eigenvalue weighted by molar-refractivity contribution is 7.80. The van der Waals surface area contributed by atoms with Gasteiger partial charge in [-0.2, -0.15) is 0 Å². The van der Waals surface area contributed by atoms with E-state index in [4.69, 9.17) is 17.0 Å². The van der Waals surface area contributed by atoms with Crippen molar-refractivity contribution >= 4 is 23.1 Å². The zero-order chi connectivity index (χ0) is 15.8. The minimum atomic E-state index is 0.268. The van der Waals surface area contributed by atoms with Crippen molar-refractivity contribution < 1.29 is 4.74 Å². The van der Waals surface area contributed by atoms with Crippen LogP contribution in [0.4, 0.5) is 5.82 Å². The predicted molar refractivity (Wildman–Crippen MR) is 92.2 cm³/mol. The third-order valence-corrected chi connectivity index (χ3v) is 3.40. The summed E-state index contributed by atoms with van der Waals surface area (Å²) >= 11 is 5.30. The average Bonchev–Trinajstić information content (AvgIpc) is 2.54. The van der Waals surface area contributed by atoms with Crippen LogP contribution in [0.2, 0.25) is 0 Å². The first-order valence-electron chi connectivity index (χ1n) is 7.15. The van der Waals surface area contributed by atoms with E-state index < -0.39 is 0 Å². The second-order valence-corrected chi connectivity index (χ2v) is 5.38. The summed E-state index contributed by atoms with van der Waals surface area (Å²) in [7, 11) is 1.56. The highest BCUT2D eigenvalue weighted by Crippen LogP contribution is 2.10. The molecular formula is C16H20N4OS. The lowest BCUT2D eigenvalue weighted by atomic mass is 10.1. The Bertz CT molecular complexity index is 606. The Morgan fingerprint density at radius 1 is 1.27 bits per heavy atom. The van der Waals surface area contributed by atoms with Crippen LogP contribution in [0.1, 0.15) is 18.9 Å². The maximum Gasteiger partial charge on any atom is 0.218 e. The van der Waals surface area contributed by atoms with Crippen LogP contribution in [-0.4, -0.2) is 28.2 Å². The fraction of sp³-hybridized carbons (Fsp3) is 0.312. The number of hydrogen-bond donors (Lipinski definition) is 2. The molecule has 1 heterocycles. The van der Waals surface area contributed by atoms with E-state index in [1.54, 1.807) is 13.2 Å². The molecule has 0 saturated heterocycles. The van der Waals surface area contributed by atoms with Gasteiger partial charge in [-0.25, -0.2) is 9.97 Å². The van der Waals surface area contributed by atoms with Gasteiger partial charge >= 0.3 is 0 Å². The quantitative estimate of drug-likeness (QED) is 0.799. The largest absolute Gasteiger partial charge is 0.481 e. The number of anilines is 1. The first-order valence-corrected chi connectivity index (χ1v) is 7.55. The molecule has 0 amide bonds. The zero-order valence-corrected chi connectivity index (χ0v) is 13.6. The smallest absolute Gasteiger partial charge is 0.218 e. The fourth-order valence-electron chi connectivity index (χ4n) is 2.00. The minimum Gasteiger partial charge on any atom is -0.481 e. The maximum atomic E-state index is 5.30. The number of methoxy groups -OCH3 is 1. The summed E-state index contributed by atoms with van der Waals surface area (Å²) in [6.07, 6.45) is 3.44. The van der Waals surface area contributed by atoms with Gasteiger partial charge in [0.05, 0.1) is 7.11 Å². The minimum absolute atomic E-state index is 0.268. The Kier molecular flexibility index (Phi) is 6.09. The number of ether oxygens (including phenoxy) is 1. The van der Waals surface area contributed by atoms with Crippen molar-refractivity contribution in [2.75, 3.05) is 12.4 Å². The van der Waals surface area contributed by atoms with Crippen LogP contribution in [0.5, 0.6) is 5.88 Å². The van der Waals surface area contributed by atoms with Crippen LogP contribution in [0.3, 0.4) is 0 Å². The topological polar surface area (TPSA) is 59.1 Å². The van der Waals surface area contributed by atoms with Gasteiger partial charge in [-0.3, -0.25) is 0 Å². The van der Waals surface area contributed by atoms with Crippen molar-refractivity contribution in [3.05, 3.63) is 48.3 Å². The summed E-state index contributed by atoms with van der Waals surface area (Å²) in [6.45, 7) is 2.11. The average molecular weight is 316 g/mol. The standard InChI is InChI=1S/C16H20N4OS/c1-12(8-9-13-6-4-3-5-7-13)19-16(22)20-14-10-15(21-2)18-11-17-14/h3-7,10-12H,8-9H2,1-2H3,(H2,17,18,19,20,22). The molecule has 0 aliphatic carbocycles. The molecule has 6 heteroatoms. The van der Waals surface area contributed by atoms with Gasteiger partial charge in [0.25, 0.3) is 0 Å². The Morgan fingerprint density at radius 2 is 2.05 bits per heavy atom. The Morgan fingerprint density at radius 3 is 2.77 bits per heavy atom. The summed E-state index contributed by atoms with van der Waals surface area (Å²) in [5.74, 6) is 1.11. The third kappa shape index (κ3) is 5.29. The van der Waals surface area contributed by atoms with Crippen LogP contribution >= 0.6 is 12.2 Å². The van der Waals surface area contributed by atoms with E-state index in [1.807, 2.05) is 6.07 Å². The van der Waals surface area contributed by atoms with E-state index in [-0.39, 0.29) is 6.04 Å². The number of rotatable bonds is 6. The molecule has 0 aliphatic rings. The van der Waals surface area contributed by atoms with Crippen molar-refractivity contribution in [3.8, 4) is 5.88 Å².